The third-order valence-electron chi connectivity index (χ3n) is 3.32. The Morgan fingerprint density at radius 3 is 2.46 bits per heavy atom. The lowest BCUT2D eigenvalue weighted by molar-refractivity contribution is -0.385. The Labute approximate surface area is 137 Å². The van der Waals surface area contributed by atoms with Crippen LogP contribution in [0.15, 0.2) is 42.5 Å². The van der Waals surface area contributed by atoms with Crippen molar-refractivity contribution >= 4 is 28.2 Å². The van der Waals surface area contributed by atoms with E-state index in [1.807, 2.05) is 0 Å². The molecule has 0 saturated carbocycles. The van der Waals surface area contributed by atoms with Crippen molar-refractivity contribution in [2.24, 2.45) is 0 Å². The number of aromatic nitrogens is 2. The van der Waals surface area contributed by atoms with Gasteiger partial charge in [-0.3, -0.25) is 10.1 Å². The van der Waals surface area contributed by atoms with Gasteiger partial charge in [-0.15, -0.1) is 0 Å². The molecule has 0 atom stereocenters. The van der Waals surface area contributed by atoms with E-state index in [-0.39, 0.29) is 16.5 Å². The standard InChI is InChI=1S/C15H7ClF3N3O2/c16-13-10-3-1-2-4-12(10)20-14(21-13)9-6-5-8(22(23)24)7-11(9)15(17,18)19/h1-7H. The fraction of sp³-hybridized carbons (Fsp3) is 0.0667. The van der Waals surface area contributed by atoms with Gasteiger partial charge in [0.05, 0.1) is 16.0 Å². The fourth-order valence-electron chi connectivity index (χ4n) is 2.23. The van der Waals surface area contributed by atoms with Crippen molar-refractivity contribution in [3.05, 3.63) is 63.3 Å². The normalized spacial score (nSPS) is 11.7. The van der Waals surface area contributed by atoms with Gasteiger partial charge in [0.2, 0.25) is 0 Å². The van der Waals surface area contributed by atoms with Crippen molar-refractivity contribution in [2.75, 3.05) is 0 Å². The predicted molar refractivity (Wildman–Crippen MR) is 81.6 cm³/mol. The smallest absolute Gasteiger partial charge is 0.258 e. The first-order valence-corrected chi connectivity index (χ1v) is 6.93. The van der Waals surface area contributed by atoms with Crippen LogP contribution in [0.3, 0.4) is 0 Å². The molecule has 3 rings (SSSR count). The lowest BCUT2D eigenvalue weighted by atomic mass is 10.0. The van der Waals surface area contributed by atoms with Crippen molar-refractivity contribution < 1.29 is 18.1 Å². The highest BCUT2D eigenvalue weighted by molar-refractivity contribution is 6.34. The largest absolute Gasteiger partial charge is 0.417 e. The predicted octanol–water partition coefficient (Wildman–Crippen LogP) is 4.88. The van der Waals surface area contributed by atoms with Gasteiger partial charge in [0, 0.05) is 23.1 Å². The summed E-state index contributed by atoms with van der Waals surface area (Å²) in [5, 5.41) is 11.2. The Kier molecular flexibility index (Phi) is 3.84. The van der Waals surface area contributed by atoms with Gasteiger partial charge < -0.3 is 0 Å². The maximum atomic E-state index is 13.3. The molecule has 0 spiro atoms. The van der Waals surface area contributed by atoms with Crippen LogP contribution in [0.25, 0.3) is 22.3 Å². The quantitative estimate of drug-likeness (QED) is 0.374. The average Bonchev–Trinajstić information content (AvgIpc) is 2.53. The van der Waals surface area contributed by atoms with Crippen molar-refractivity contribution in [2.45, 2.75) is 6.18 Å². The summed E-state index contributed by atoms with van der Waals surface area (Å²) in [6, 6.07) is 8.99. The van der Waals surface area contributed by atoms with E-state index in [0.29, 0.717) is 17.0 Å². The Bertz CT molecular complexity index is 960. The summed E-state index contributed by atoms with van der Waals surface area (Å²) in [4.78, 5) is 17.8. The van der Waals surface area contributed by atoms with Gasteiger partial charge >= 0.3 is 6.18 Å². The number of non-ortho nitro benzene ring substituents is 1. The SMILES string of the molecule is O=[N+]([O-])c1ccc(-c2nc(Cl)c3ccccc3n2)c(C(F)(F)F)c1. The van der Waals surface area contributed by atoms with Gasteiger partial charge in [0.15, 0.2) is 5.82 Å². The zero-order valence-corrected chi connectivity index (χ0v) is 12.5. The molecule has 5 nitrogen and oxygen atoms in total. The Morgan fingerprint density at radius 2 is 1.79 bits per heavy atom. The molecular weight excluding hydrogens is 347 g/mol. The molecule has 0 saturated heterocycles. The van der Waals surface area contributed by atoms with Crippen LogP contribution in [0.4, 0.5) is 18.9 Å². The highest BCUT2D eigenvalue weighted by Gasteiger charge is 2.36. The van der Waals surface area contributed by atoms with Crippen LogP contribution in [0.1, 0.15) is 5.56 Å². The van der Waals surface area contributed by atoms with Crippen molar-refractivity contribution in [1.29, 1.82) is 0 Å². The number of hydrogen-bond donors (Lipinski definition) is 0. The molecule has 0 aliphatic rings. The molecule has 0 aliphatic heterocycles. The number of halogens is 4. The minimum atomic E-state index is -4.80. The van der Waals surface area contributed by atoms with Crippen LogP contribution in [0.2, 0.25) is 5.15 Å². The number of para-hydroxylation sites is 1. The second-order valence-electron chi connectivity index (χ2n) is 4.84. The lowest BCUT2D eigenvalue weighted by Gasteiger charge is -2.12. The lowest BCUT2D eigenvalue weighted by Crippen LogP contribution is -2.09. The summed E-state index contributed by atoms with van der Waals surface area (Å²) in [6.45, 7) is 0. The van der Waals surface area contributed by atoms with E-state index in [0.717, 1.165) is 12.1 Å². The monoisotopic (exact) mass is 353 g/mol. The minimum absolute atomic E-state index is 0.00192. The topological polar surface area (TPSA) is 68.9 Å². The average molecular weight is 354 g/mol. The number of rotatable bonds is 2. The Hall–Kier alpha value is -2.74. The molecule has 0 unspecified atom stereocenters. The van der Waals surface area contributed by atoms with E-state index >= 15 is 0 Å². The van der Waals surface area contributed by atoms with Gasteiger partial charge in [-0.05, 0) is 18.2 Å². The third kappa shape index (κ3) is 2.88. The Balaban J connectivity index is 2.28. The molecule has 24 heavy (non-hydrogen) atoms. The molecule has 122 valence electrons. The van der Waals surface area contributed by atoms with Gasteiger partial charge in [-0.25, -0.2) is 9.97 Å². The summed E-state index contributed by atoms with van der Waals surface area (Å²) in [5.41, 5.74) is -1.86. The summed E-state index contributed by atoms with van der Waals surface area (Å²) in [6.07, 6.45) is -4.80. The number of fused-ring (bicyclic) bond motifs is 1. The molecule has 0 aliphatic carbocycles. The molecule has 3 aromatic rings. The second-order valence-corrected chi connectivity index (χ2v) is 5.20. The number of nitrogens with zero attached hydrogens (tertiary/aromatic N) is 3. The van der Waals surface area contributed by atoms with Crippen LogP contribution < -0.4 is 0 Å². The molecule has 0 radical (unpaired) electrons. The number of alkyl halides is 3. The molecule has 0 N–H and O–H groups in total. The van der Waals surface area contributed by atoms with Crippen LogP contribution >= 0.6 is 11.6 Å². The highest BCUT2D eigenvalue weighted by atomic mass is 35.5. The van der Waals surface area contributed by atoms with Crippen LogP contribution in [-0.4, -0.2) is 14.9 Å². The molecule has 1 aromatic heterocycles. The fourth-order valence-corrected chi connectivity index (χ4v) is 2.47. The number of nitro groups is 1. The number of hydrogen-bond acceptors (Lipinski definition) is 4. The third-order valence-corrected chi connectivity index (χ3v) is 3.61. The Morgan fingerprint density at radius 1 is 1.08 bits per heavy atom. The van der Waals surface area contributed by atoms with E-state index < -0.39 is 22.4 Å². The van der Waals surface area contributed by atoms with E-state index in [2.05, 4.69) is 9.97 Å². The molecule has 0 fully saturated rings. The van der Waals surface area contributed by atoms with Gasteiger partial charge in [-0.1, -0.05) is 23.7 Å². The maximum Gasteiger partial charge on any atom is 0.417 e. The van der Waals surface area contributed by atoms with Crippen LogP contribution in [0.5, 0.6) is 0 Å². The van der Waals surface area contributed by atoms with E-state index in [1.54, 1.807) is 24.3 Å². The second kappa shape index (κ2) is 5.72. The molecule has 0 amide bonds. The van der Waals surface area contributed by atoms with E-state index in [9.17, 15) is 23.3 Å². The van der Waals surface area contributed by atoms with Crippen LogP contribution in [-0.2, 0) is 6.18 Å². The van der Waals surface area contributed by atoms with Gasteiger partial charge in [-0.2, -0.15) is 13.2 Å². The summed E-state index contributed by atoms with van der Waals surface area (Å²) < 4.78 is 39.8. The van der Waals surface area contributed by atoms with Gasteiger partial charge in [0.25, 0.3) is 5.69 Å². The minimum Gasteiger partial charge on any atom is -0.258 e. The first kappa shape index (κ1) is 16.1. The number of nitro benzene ring substituents is 1. The maximum absolute atomic E-state index is 13.3. The molecule has 9 heteroatoms. The number of benzene rings is 2. The summed E-state index contributed by atoms with van der Waals surface area (Å²) in [7, 11) is 0. The van der Waals surface area contributed by atoms with Gasteiger partial charge in [0.1, 0.15) is 5.15 Å². The van der Waals surface area contributed by atoms with Crippen LogP contribution in [0, 0.1) is 10.1 Å². The molecule has 0 bridgehead atoms. The van der Waals surface area contributed by atoms with E-state index in [4.69, 9.17) is 11.6 Å². The zero-order chi connectivity index (χ0) is 17.5. The molecule has 2 aromatic carbocycles. The molecule has 1 heterocycles. The first-order valence-electron chi connectivity index (χ1n) is 6.55. The van der Waals surface area contributed by atoms with Crippen molar-refractivity contribution in [3.8, 4) is 11.4 Å². The van der Waals surface area contributed by atoms with Crippen molar-refractivity contribution in [1.82, 2.24) is 9.97 Å². The summed E-state index contributed by atoms with van der Waals surface area (Å²) in [5.74, 6) is -0.249. The first-order chi connectivity index (χ1) is 11.3. The van der Waals surface area contributed by atoms with E-state index in [1.165, 1.54) is 0 Å². The summed E-state index contributed by atoms with van der Waals surface area (Å²) >= 11 is 6.02. The molecular formula is C15H7ClF3N3O2. The highest BCUT2D eigenvalue weighted by Crippen LogP contribution is 2.38. The van der Waals surface area contributed by atoms with Crippen molar-refractivity contribution in [3.63, 3.8) is 0 Å². The zero-order valence-electron chi connectivity index (χ0n) is 11.7.